The molecule has 1 aliphatic heterocycles. The molecule has 1 aliphatic rings. The van der Waals surface area contributed by atoms with Gasteiger partial charge in [-0.25, -0.2) is 0 Å². The van der Waals surface area contributed by atoms with E-state index in [4.69, 9.17) is 4.74 Å². The lowest BCUT2D eigenvalue weighted by Crippen LogP contribution is -2.54. The Morgan fingerprint density at radius 3 is 2.55 bits per heavy atom. The zero-order valence-electron chi connectivity index (χ0n) is 17.9. The third-order valence-corrected chi connectivity index (χ3v) is 5.91. The van der Waals surface area contributed by atoms with Crippen molar-refractivity contribution in [3.05, 3.63) is 65.2 Å². The van der Waals surface area contributed by atoms with E-state index in [-0.39, 0.29) is 30.3 Å². The van der Waals surface area contributed by atoms with Gasteiger partial charge in [0, 0.05) is 13.1 Å². The third-order valence-electron chi connectivity index (χ3n) is 5.27. The number of benzene rings is 2. The molecule has 0 fully saturated rings. The first-order valence-electron chi connectivity index (χ1n) is 10.1. The van der Waals surface area contributed by atoms with E-state index in [1.807, 2.05) is 42.7 Å². The highest BCUT2D eigenvalue weighted by atomic mass is 35.5. The van der Waals surface area contributed by atoms with Crippen LogP contribution in [0.15, 0.2) is 48.5 Å². The molecule has 0 spiro atoms. The monoisotopic (exact) mass is 463 g/mol. The van der Waals surface area contributed by atoms with Gasteiger partial charge in [0.2, 0.25) is 11.8 Å². The number of carbonyl (C=O) groups excluding carboxylic acids is 2. The first-order valence-corrected chi connectivity index (χ1v) is 11.5. The lowest BCUT2D eigenvalue weighted by atomic mass is 9.95. The molecule has 3 rings (SSSR count). The van der Waals surface area contributed by atoms with Crippen LogP contribution in [0.1, 0.15) is 23.1 Å². The predicted molar refractivity (Wildman–Crippen MR) is 128 cm³/mol. The number of methoxy groups -OCH3 is 1. The lowest BCUT2D eigenvalue weighted by Gasteiger charge is -2.27. The number of nitrogens with one attached hydrogen (secondary N) is 3. The van der Waals surface area contributed by atoms with Crippen LogP contribution >= 0.6 is 24.2 Å². The van der Waals surface area contributed by atoms with Crippen LogP contribution in [0.4, 0.5) is 0 Å². The summed E-state index contributed by atoms with van der Waals surface area (Å²) in [5.41, 5.74) is 3.38. The number of hydrogen-bond acceptors (Lipinski definition) is 5. The van der Waals surface area contributed by atoms with Gasteiger partial charge in [-0.05, 0) is 53.7 Å². The Morgan fingerprint density at radius 1 is 1.16 bits per heavy atom. The van der Waals surface area contributed by atoms with Crippen LogP contribution in [0.5, 0.6) is 5.75 Å². The minimum Gasteiger partial charge on any atom is -0.497 e. The standard InChI is InChI=1S/C23H29N3O3S.ClH/c1-29-19-9-7-16(8-10-19)14-25-22(27)20(11-12-30-2)26-23(28)21-13-17-5-3-4-6-18(17)15-24-21;/h3-10,20-21,24H,11-15H2,1-2H3,(H,25,27)(H,26,28);1H. The maximum atomic E-state index is 12.9. The quantitative estimate of drug-likeness (QED) is 0.533. The Bertz CT molecular complexity index is 863. The summed E-state index contributed by atoms with van der Waals surface area (Å²) in [6, 6.07) is 14.8. The number of hydrogen-bond donors (Lipinski definition) is 3. The van der Waals surface area contributed by atoms with Crippen molar-refractivity contribution in [1.29, 1.82) is 0 Å². The minimum atomic E-state index is -0.554. The van der Waals surface area contributed by atoms with Gasteiger partial charge in [-0.3, -0.25) is 9.59 Å². The van der Waals surface area contributed by atoms with Gasteiger partial charge in [0.15, 0.2) is 0 Å². The second-order valence-electron chi connectivity index (χ2n) is 7.31. The Labute approximate surface area is 194 Å². The van der Waals surface area contributed by atoms with E-state index in [1.54, 1.807) is 18.9 Å². The smallest absolute Gasteiger partial charge is 0.242 e. The van der Waals surface area contributed by atoms with Gasteiger partial charge in [-0.2, -0.15) is 11.8 Å². The predicted octanol–water partition coefficient (Wildman–Crippen LogP) is 2.69. The molecule has 0 bridgehead atoms. The van der Waals surface area contributed by atoms with Gasteiger partial charge < -0.3 is 20.7 Å². The molecule has 0 aromatic heterocycles. The Hall–Kier alpha value is -2.22. The highest BCUT2D eigenvalue weighted by molar-refractivity contribution is 7.98. The largest absolute Gasteiger partial charge is 0.497 e. The van der Waals surface area contributed by atoms with Crippen molar-refractivity contribution in [3.8, 4) is 5.75 Å². The first kappa shape index (κ1) is 25.0. The van der Waals surface area contributed by atoms with Crippen molar-refractivity contribution in [2.45, 2.75) is 38.0 Å². The summed E-state index contributed by atoms with van der Waals surface area (Å²) < 4.78 is 5.16. The van der Waals surface area contributed by atoms with Crippen LogP contribution in [-0.2, 0) is 29.1 Å². The third kappa shape index (κ3) is 7.16. The summed E-state index contributed by atoms with van der Waals surface area (Å²) in [4.78, 5) is 25.6. The molecular formula is C23H30ClN3O3S. The summed E-state index contributed by atoms with van der Waals surface area (Å²) in [6.07, 6.45) is 3.21. The fourth-order valence-corrected chi connectivity index (χ4v) is 3.94. The van der Waals surface area contributed by atoms with Crippen LogP contribution in [-0.4, -0.2) is 43.0 Å². The van der Waals surface area contributed by atoms with Crippen LogP contribution in [0.25, 0.3) is 0 Å². The molecule has 31 heavy (non-hydrogen) atoms. The average Bonchev–Trinajstić information content (AvgIpc) is 2.80. The van der Waals surface area contributed by atoms with Gasteiger partial charge in [0.1, 0.15) is 11.8 Å². The van der Waals surface area contributed by atoms with Gasteiger partial charge in [-0.1, -0.05) is 36.4 Å². The molecule has 2 atom stereocenters. The normalized spacial score (nSPS) is 15.7. The van der Waals surface area contributed by atoms with Crippen LogP contribution in [0.2, 0.25) is 0 Å². The molecule has 0 radical (unpaired) electrons. The molecule has 8 heteroatoms. The Morgan fingerprint density at radius 2 is 1.87 bits per heavy atom. The summed E-state index contributed by atoms with van der Waals surface area (Å²) >= 11 is 1.66. The number of ether oxygens (including phenoxy) is 1. The highest BCUT2D eigenvalue weighted by Crippen LogP contribution is 2.16. The van der Waals surface area contributed by atoms with E-state index in [0.717, 1.165) is 17.1 Å². The number of amides is 2. The van der Waals surface area contributed by atoms with Gasteiger partial charge in [-0.15, -0.1) is 12.4 Å². The van der Waals surface area contributed by atoms with Crippen LogP contribution in [0.3, 0.4) is 0 Å². The molecule has 2 aromatic carbocycles. The Balaban J connectivity index is 0.00000341. The van der Waals surface area contributed by atoms with Crippen molar-refractivity contribution in [2.75, 3.05) is 19.1 Å². The molecule has 1 heterocycles. The number of thioether (sulfide) groups is 1. The molecule has 0 saturated heterocycles. The molecule has 2 amide bonds. The Kier molecular flexibility index (Phi) is 10.2. The van der Waals surface area contributed by atoms with Crippen molar-refractivity contribution in [2.24, 2.45) is 0 Å². The maximum absolute atomic E-state index is 12.9. The molecule has 0 saturated carbocycles. The van der Waals surface area contributed by atoms with Crippen molar-refractivity contribution < 1.29 is 14.3 Å². The fraction of sp³-hybridized carbons (Fsp3) is 0.391. The minimum absolute atomic E-state index is 0. The summed E-state index contributed by atoms with van der Waals surface area (Å²) in [6.45, 7) is 1.07. The van der Waals surface area contributed by atoms with Crippen molar-refractivity contribution in [3.63, 3.8) is 0 Å². The molecule has 6 nitrogen and oxygen atoms in total. The maximum Gasteiger partial charge on any atom is 0.242 e. The highest BCUT2D eigenvalue weighted by Gasteiger charge is 2.28. The number of rotatable bonds is 9. The zero-order valence-corrected chi connectivity index (χ0v) is 19.5. The molecule has 0 aliphatic carbocycles. The van der Waals surface area contributed by atoms with E-state index in [0.29, 0.717) is 25.9 Å². The first-order chi connectivity index (χ1) is 14.6. The average molecular weight is 464 g/mol. The molecule has 2 aromatic rings. The van der Waals surface area contributed by atoms with Gasteiger partial charge in [0.05, 0.1) is 13.2 Å². The van der Waals surface area contributed by atoms with Gasteiger partial charge >= 0.3 is 0 Å². The topological polar surface area (TPSA) is 79.5 Å². The van der Waals surface area contributed by atoms with Crippen molar-refractivity contribution in [1.82, 2.24) is 16.0 Å². The summed E-state index contributed by atoms with van der Waals surface area (Å²) in [5.74, 6) is 1.28. The van der Waals surface area contributed by atoms with E-state index in [1.165, 1.54) is 11.1 Å². The summed E-state index contributed by atoms with van der Waals surface area (Å²) in [5, 5.41) is 9.19. The fourth-order valence-electron chi connectivity index (χ4n) is 3.47. The summed E-state index contributed by atoms with van der Waals surface area (Å²) in [7, 11) is 1.62. The van der Waals surface area contributed by atoms with Crippen molar-refractivity contribution >= 4 is 36.0 Å². The number of fused-ring (bicyclic) bond motifs is 1. The van der Waals surface area contributed by atoms with Crippen LogP contribution < -0.4 is 20.7 Å². The van der Waals surface area contributed by atoms with Crippen LogP contribution in [0, 0.1) is 0 Å². The second kappa shape index (κ2) is 12.6. The van der Waals surface area contributed by atoms with Gasteiger partial charge in [0.25, 0.3) is 0 Å². The lowest BCUT2D eigenvalue weighted by molar-refractivity contribution is -0.130. The van der Waals surface area contributed by atoms with E-state index >= 15 is 0 Å². The molecule has 168 valence electrons. The zero-order chi connectivity index (χ0) is 21.3. The van der Waals surface area contributed by atoms with E-state index < -0.39 is 6.04 Å². The number of carbonyl (C=O) groups is 2. The SMILES string of the molecule is COc1ccc(CNC(=O)C(CCSC)NC(=O)C2Cc3ccccc3CN2)cc1.Cl. The van der Waals surface area contributed by atoms with E-state index in [2.05, 4.69) is 28.1 Å². The number of halogens is 1. The molecular weight excluding hydrogens is 434 g/mol. The molecule has 3 N–H and O–H groups in total. The van der Waals surface area contributed by atoms with E-state index in [9.17, 15) is 9.59 Å². The second-order valence-corrected chi connectivity index (χ2v) is 8.30. The molecule has 2 unspecified atom stereocenters.